The molecule has 0 N–H and O–H groups in total. The molecule has 1 fully saturated rings. The Morgan fingerprint density at radius 2 is 1.23 bits per heavy atom. The van der Waals surface area contributed by atoms with Gasteiger partial charge in [0.2, 0.25) is 5.91 Å². The van der Waals surface area contributed by atoms with Crippen molar-refractivity contribution in [3.05, 3.63) is 0 Å². The summed E-state index contributed by atoms with van der Waals surface area (Å²) in [5, 5.41) is 0. The smallest absolute Gasteiger partial charge is 0.219 e. The topological polar surface area (TPSA) is 20.3 Å². The van der Waals surface area contributed by atoms with Gasteiger partial charge in [-0.1, -0.05) is 32.1 Å². The van der Waals surface area contributed by atoms with E-state index in [-0.39, 0.29) is 5.91 Å². The lowest BCUT2D eigenvalue weighted by molar-refractivity contribution is -0.129. The summed E-state index contributed by atoms with van der Waals surface area (Å²) in [7, 11) is 0. The number of rotatable bonds is 0. The van der Waals surface area contributed by atoms with E-state index in [4.69, 9.17) is 0 Å². The maximum Gasteiger partial charge on any atom is 0.219 e. The predicted molar refractivity (Wildman–Crippen MR) is 54.6 cm³/mol. The highest BCUT2D eigenvalue weighted by molar-refractivity contribution is 5.73. The highest BCUT2D eigenvalue weighted by Gasteiger charge is 2.08. The minimum atomic E-state index is 0.251. The highest BCUT2D eigenvalue weighted by Crippen LogP contribution is 2.11. The molecule has 1 rings (SSSR count). The third kappa shape index (κ3) is 4.30. The van der Waals surface area contributed by atoms with Crippen molar-refractivity contribution in [2.45, 2.75) is 51.9 Å². The molecule has 1 heterocycles. The summed E-state index contributed by atoms with van der Waals surface area (Å²) in [6.45, 7) is 3.65. The van der Waals surface area contributed by atoms with Crippen molar-refractivity contribution in [3.8, 4) is 0 Å². The van der Waals surface area contributed by atoms with Gasteiger partial charge >= 0.3 is 0 Å². The lowest BCUT2D eigenvalue weighted by atomic mass is 10.1. The van der Waals surface area contributed by atoms with Crippen molar-refractivity contribution < 1.29 is 4.79 Å². The summed E-state index contributed by atoms with van der Waals surface area (Å²) >= 11 is 0. The normalized spacial score (nSPS) is 21.2. The van der Waals surface area contributed by atoms with Crippen molar-refractivity contribution in [3.63, 3.8) is 0 Å². The third-order valence-corrected chi connectivity index (χ3v) is 2.80. The van der Waals surface area contributed by atoms with Gasteiger partial charge in [0.05, 0.1) is 0 Å². The van der Waals surface area contributed by atoms with Gasteiger partial charge in [0.15, 0.2) is 0 Å². The van der Waals surface area contributed by atoms with Gasteiger partial charge in [0, 0.05) is 20.0 Å². The molecular weight excluding hydrogens is 162 g/mol. The molecular formula is C11H21NO. The van der Waals surface area contributed by atoms with Gasteiger partial charge in [-0.25, -0.2) is 0 Å². The molecule has 2 heteroatoms. The van der Waals surface area contributed by atoms with Crippen LogP contribution in [0.1, 0.15) is 51.9 Å². The Bertz CT molecular complexity index is 146. The van der Waals surface area contributed by atoms with Crippen LogP contribution in [0.2, 0.25) is 0 Å². The van der Waals surface area contributed by atoms with E-state index in [2.05, 4.69) is 0 Å². The van der Waals surface area contributed by atoms with Crippen LogP contribution in [0, 0.1) is 0 Å². The Balaban J connectivity index is 2.30. The molecule has 13 heavy (non-hydrogen) atoms. The molecule has 0 bridgehead atoms. The molecule has 0 spiro atoms. The van der Waals surface area contributed by atoms with E-state index < -0.39 is 0 Å². The van der Waals surface area contributed by atoms with Crippen molar-refractivity contribution in [1.82, 2.24) is 4.90 Å². The molecule has 0 aromatic rings. The first-order valence-electron chi connectivity index (χ1n) is 5.56. The van der Waals surface area contributed by atoms with Crippen LogP contribution in [0.25, 0.3) is 0 Å². The Morgan fingerprint density at radius 3 is 1.62 bits per heavy atom. The average Bonchev–Trinajstić information content (AvgIpc) is 2.14. The Hall–Kier alpha value is -0.530. The Morgan fingerprint density at radius 1 is 0.846 bits per heavy atom. The second-order valence-corrected chi connectivity index (χ2v) is 3.98. The summed E-state index contributed by atoms with van der Waals surface area (Å²) in [6.07, 6.45) is 9.07. The van der Waals surface area contributed by atoms with Crippen LogP contribution < -0.4 is 0 Å². The number of amides is 1. The molecule has 0 atom stereocenters. The van der Waals surface area contributed by atoms with E-state index in [9.17, 15) is 4.79 Å². The van der Waals surface area contributed by atoms with Crippen LogP contribution >= 0.6 is 0 Å². The van der Waals surface area contributed by atoms with E-state index >= 15 is 0 Å². The van der Waals surface area contributed by atoms with E-state index in [1.165, 1.54) is 44.9 Å². The van der Waals surface area contributed by atoms with Crippen molar-refractivity contribution in [2.24, 2.45) is 0 Å². The van der Waals surface area contributed by atoms with Crippen LogP contribution in [0.5, 0.6) is 0 Å². The standard InChI is InChI=1S/C11H21NO/c1-11(13)12-9-7-5-3-2-4-6-8-10-12/h2-10H2,1H3. The number of nitrogens with zero attached hydrogens (tertiary/aromatic N) is 1. The number of carbonyl (C=O) groups excluding carboxylic acids is 1. The average molecular weight is 183 g/mol. The summed E-state index contributed by atoms with van der Waals surface area (Å²) in [5.74, 6) is 0.251. The molecule has 0 saturated carbocycles. The van der Waals surface area contributed by atoms with E-state index in [0.717, 1.165) is 13.1 Å². The molecule has 1 amide bonds. The second kappa shape index (κ2) is 6.01. The first kappa shape index (κ1) is 10.6. The highest BCUT2D eigenvalue weighted by atomic mass is 16.2. The zero-order chi connectivity index (χ0) is 9.52. The van der Waals surface area contributed by atoms with E-state index in [0.29, 0.717) is 0 Å². The lowest BCUT2D eigenvalue weighted by Crippen LogP contribution is -2.31. The van der Waals surface area contributed by atoms with Gasteiger partial charge in [0.1, 0.15) is 0 Å². The molecule has 1 saturated heterocycles. The molecule has 0 unspecified atom stereocenters. The van der Waals surface area contributed by atoms with Gasteiger partial charge in [-0.3, -0.25) is 4.79 Å². The molecule has 1 aliphatic rings. The van der Waals surface area contributed by atoms with Crippen LogP contribution in [0.15, 0.2) is 0 Å². The van der Waals surface area contributed by atoms with Crippen LogP contribution in [0.3, 0.4) is 0 Å². The Labute approximate surface area is 81.3 Å². The van der Waals surface area contributed by atoms with Gasteiger partial charge in [0.25, 0.3) is 0 Å². The number of hydrogen-bond acceptors (Lipinski definition) is 1. The van der Waals surface area contributed by atoms with Crippen molar-refractivity contribution in [1.29, 1.82) is 0 Å². The predicted octanol–water partition coefficient (Wildman–Crippen LogP) is 2.58. The van der Waals surface area contributed by atoms with E-state index in [1.54, 1.807) is 6.92 Å². The van der Waals surface area contributed by atoms with Crippen molar-refractivity contribution in [2.75, 3.05) is 13.1 Å². The molecule has 2 nitrogen and oxygen atoms in total. The molecule has 0 radical (unpaired) electrons. The van der Waals surface area contributed by atoms with Crippen LogP contribution in [-0.4, -0.2) is 23.9 Å². The monoisotopic (exact) mass is 183 g/mol. The largest absolute Gasteiger partial charge is 0.343 e. The minimum Gasteiger partial charge on any atom is -0.343 e. The summed E-state index contributed by atoms with van der Waals surface area (Å²) in [4.78, 5) is 13.2. The molecule has 76 valence electrons. The van der Waals surface area contributed by atoms with E-state index in [1.807, 2.05) is 4.90 Å². The van der Waals surface area contributed by atoms with Crippen LogP contribution in [-0.2, 0) is 4.79 Å². The second-order valence-electron chi connectivity index (χ2n) is 3.98. The third-order valence-electron chi connectivity index (χ3n) is 2.80. The molecule has 0 aliphatic carbocycles. The summed E-state index contributed by atoms with van der Waals surface area (Å²) in [6, 6.07) is 0. The molecule has 0 aromatic heterocycles. The van der Waals surface area contributed by atoms with Gasteiger partial charge < -0.3 is 4.90 Å². The fourth-order valence-electron chi connectivity index (χ4n) is 1.92. The zero-order valence-electron chi connectivity index (χ0n) is 8.72. The fourth-order valence-corrected chi connectivity index (χ4v) is 1.92. The zero-order valence-corrected chi connectivity index (χ0v) is 8.72. The summed E-state index contributed by atoms with van der Waals surface area (Å²) < 4.78 is 0. The van der Waals surface area contributed by atoms with Gasteiger partial charge in [-0.15, -0.1) is 0 Å². The van der Waals surface area contributed by atoms with Gasteiger partial charge in [-0.05, 0) is 12.8 Å². The minimum absolute atomic E-state index is 0.251. The maximum atomic E-state index is 11.2. The fraction of sp³-hybridized carbons (Fsp3) is 0.909. The first-order valence-corrected chi connectivity index (χ1v) is 5.56. The number of carbonyl (C=O) groups is 1. The Kier molecular flexibility index (Phi) is 4.87. The quantitative estimate of drug-likeness (QED) is 0.565. The van der Waals surface area contributed by atoms with Crippen LogP contribution in [0.4, 0.5) is 0 Å². The molecule has 0 aromatic carbocycles. The number of hydrogen-bond donors (Lipinski definition) is 0. The maximum absolute atomic E-state index is 11.2. The summed E-state index contributed by atoms with van der Waals surface area (Å²) in [5.41, 5.74) is 0. The molecule has 1 aliphatic heterocycles. The van der Waals surface area contributed by atoms with Gasteiger partial charge in [-0.2, -0.15) is 0 Å². The lowest BCUT2D eigenvalue weighted by Gasteiger charge is -2.22. The first-order chi connectivity index (χ1) is 6.30. The van der Waals surface area contributed by atoms with Crippen molar-refractivity contribution >= 4 is 5.91 Å². The SMILES string of the molecule is CC(=O)N1CCCCCCCCC1.